The number of aliphatic imine (C=N–C) groups is 1. The summed E-state index contributed by atoms with van der Waals surface area (Å²) in [4.78, 5) is 64.8. The summed E-state index contributed by atoms with van der Waals surface area (Å²) in [6.45, 7) is 0.705. The van der Waals surface area contributed by atoms with Crippen molar-refractivity contribution in [1.29, 1.82) is 0 Å². The van der Waals surface area contributed by atoms with Crippen LogP contribution in [0, 0.1) is 0 Å². The highest BCUT2D eigenvalue weighted by Gasteiger charge is 2.53. The molecule has 0 aliphatic carbocycles. The number of carbonyl (C=O) groups excluding carboxylic acids is 4. The molecule has 1 fully saturated rings. The number of hydrogen-bond donors (Lipinski definition) is 6. The van der Waals surface area contributed by atoms with Crippen LogP contribution in [0.4, 0.5) is 10.8 Å². The monoisotopic (exact) mass is 743 g/mol. The summed E-state index contributed by atoms with van der Waals surface area (Å²) in [5.74, 6) is -2.60. The molecule has 3 aromatic rings. The Kier molecular flexibility index (Phi) is 11.2. The number of halogens is 1. The van der Waals surface area contributed by atoms with Gasteiger partial charge in [-0.1, -0.05) is 28.1 Å². The smallest absolute Gasteiger partial charge is 0.276 e. The van der Waals surface area contributed by atoms with Gasteiger partial charge in [0, 0.05) is 29.0 Å². The van der Waals surface area contributed by atoms with E-state index >= 15 is 0 Å². The molecule has 0 spiro atoms. The van der Waals surface area contributed by atoms with Crippen molar-refractivity contribution in [3.05, 3.63) is 75.7 Å². The zero-order valence-electron chi connectivity index (χ0n) is 26.1. The van der Waals surface area contributed by atoms with Gasteiger partial charge in [-0.3, -0.25) is 35.1 Å². The normalized spacial score (nSPS) is 16.9. The number of nitrogens with one attached hydrogen (secondary N) is 3. The fourth-order valence-electron chi connectivity index (χ4n) is 4.86. The lowest BCUT2D eigenvalue weighted by Gasteiger charge is -2.50. The number of hydrazine groups is 1. The molecule has 5 rings (SSSR count). The minimum Gasteiger partial charge on any atom is -0.543 e. The summed E-state index contributed by atoms with van der Waals surface area (Å²) in [5, 5.41) is 17.9. The van der Waals surface area contributed by atoms with Crippen molar-refractivity contribution >= 4 is 80.9 Å². The maximum atomic E-state index is 13.2. The van der Waals surface area contributed by atoms with Crippen molar-refractivity contribution < 1.29 is 38.4 Å². The third kappa shape index (κ3) is 8.15. The number of amides is 3. The molecule has 50 heavy (non-hydrogen) atoms. The van der Waals surface area contributed by atoms with E-state index in [4.69, 9.17) is 38.4 Å². The van der Waals surface area contributed by atoms with Gasteiger partial charge in [-0.15, -0.1) is 11.8 Å². The zero-order valence-corrected chi connectivity index (χ0v) is 28.5. The van der Waals surface area contributed by atoms with Gasteiger partial charge in [0.25, 0.3) is 17.7 Å². The number of benzene rings is 1. The summed E-state index contributed by atoms with van der Waals surface area (Å²) in [6, 6.07) is 8.78. The number of carbonyl (C=O) groups is 4. The highest BCUT2D eigenvalue weighted by molar-refractivity contribution is 8.00. The number of aliphatic carboxylic acids is 1. The number of thioether (sulfide) groups is 1. The highest BCUT2D eigenvalue weighted by Crippen LogP contribution is 2.40. The topological polar surface area (TPSA) is 269 Å². The van der Waals surface area contributed by atoms with Crippen molar-refractivity contribution in [2.24, 2.45) is 21.6 Å². The average molecular weight is 744 g/mol. The number of nitrogen functional groups attached to an aromatic ring is 1. The molecule has 3 amide bonds. The molecule has 2 aromatic heterocycles. The molecule has 262 valence electrons. The molecule has 0 saturated carbocycles. The van der Waals surface area contributed by atoms with Gasteiger partial charge in [0.15, 0.2) is 35.7 Å². The van der Waals surface area contributed by atoms with Crippen molar-refractivity contribution in [2.45, 2.75) is 18.0 Å². The zero-order chi connectivity index (χ0) is 35.9. The first-order valence-corrected chi connectivity index (χ1v) is 16.8. The van der Waals surface area contributed by atoms with E-state index in [0.29, 0.717) is 29.1 Å². The largest absolute Gasteiger partial charge is 0.543 e. The predicted molar refractivity (Wildman–Crippen MR) is 182 cm³/mol. The van der Waals surface area contributed by atoms with Crippen LogP contribution in [-0.4, -0.2) is 82.7 Å². The van der Waals surface area contributed by atoms with Crippen LogP contribution in [0.1, 0.15) is 16.1 Å². The summed E-state index contributed by atoms with van der Waals surface area (Å²) >= 11 is 8.35. The fraction of sp³-hybridized carbons (Fsp3) is 0.241. The third-order valence-corrected chi connectivity index (χ3v) is 9.53. The molecule has 2 atom stereocenters. The van der Waals surface area contributed by atoms with Crippen molar-refractivity contribution in [2.75, 3.05) is 37.2 Å². The molecular weight excluding hydrogens is 714 g/mol. The molecule has 1 aromatic carbocycles. The van der Waals surface area contributed by atoms with Gasteiger partial charge in [0.2, 0.25) is 0 Å². The number of ether oxygens (including phenoxy) is 1. The number of nitrogens with two attached hydrogens (primary N) is 3. The summed E-state index contributed by atoms with van der Waals surface area (Å²) < 4.78 is 7.33. The number of oxime groups is 1. The first-order chi connectivity index (χ1) is 24.0. The molecule has 4 heterocycles. The Hall–Kier alpha value is -5.60. The van der Waals surface area contributed by atoms with E-state index in [9.17, 15) is 24.3 Å². The molecule has 2 aliphatic heterocycles. The van der Waals surface area contributed by atoms with E-state index in [1.54, 1.807) is 53.4 Å². The number of aromatic nitrogens is 2. The quantitative estimate of drug-likeness (QED) is 0.0275. The lowest BCUT2D eigenvalue weighted by molar-refractivity contribution is -0.689. The van der Waals surface area contributed by atoms with Crippen LogP contribution in [-0.2, 0) is 25.8 Å². The van der Waals surface area contributed by atoms with Gasteiger partial charge in [-0.25, -0.2) is 9.55 Å². The molecule has 0 unspecified atom stereocenters. The van der Waals surface area contributed by atoms with E-state index in [2.05, 4.69) is 31.3 Å². The second kappa shape index (κ2) is 15.7. The molecule has 0 bridgehead atoms. The number of pyridine rings is 1. The lowest BCUT2D eigenvalue weighted by Crippen LogP contribution is -2.71. The molecule has 0 radical (unpaired) electrons. The molecule has 9 N–H and O–H groups in total. The van der Waals surface area contributed by atoms with Crippen LogP contribution >= 0.6 is 34.7 Å². The average Bonchev–Trinajstić information content (AvgIpc) is 3.43. The maximum Gasteiger partial charge on any atom is 0.276 e. The Morgan fingerprint density at radius 2 is 1.90 bits per heavy atom. The first kappa shape index (κ1) is 35.7. The van der Waals surface area contributed by atoms with E-state index in [0.717, 1.165) is 16.2 Å². The number of rotatable bonds is 14. The first-order valence-electron chi connectivity index (χ1n) is 14.5. The Morgan fingerprint density at radius 3 is 2.52 bits per heavy atom. The fourth-order valence-corrected chi connectivity index (χ4v) is 7.12. The molecule has 21 heteroatoms. The Labute approximate surface area is 297 Å². The molecule has 2 aliphatic rings. The Bertz CT molecular complexity index is 1880. The van der Waals surface area contributed by atoms with Crippen molar-refractivity contribution in [3.8, 4) is 5.75 Å². The van der Waals surface area contributed by atoms with E-state index in [1.165, 1.54) is 18.9 Å². The third-order valence-electron chi connectivity index (χ3n) is 7.11. The Balaban J connectivity index is 1.17. The molecule has 1 saturated heterocycles. The maximum absolute atomic E-state index is 13.2. The standard InChI is InChI=1S/C29H30ClN11O7S2/c1-47-39-19(18-22(30)50-29(33)36-18)24(43)35-20-25(44)41-21(27(45)46)15(13-49-26(20)41)12-40-9-6-16(7-10-40)37-38-23(42)14-2-4-17(5-3-14)48-11-8-34-28(31)32/h2-7,9-10,20,26H,8,11-13H2,1H3,(H9,31,32,33,34,35,36,38,42,43,45,46)/b39-19-/t20-,26-/m1/s1. The van der Waals surface area contributed by atoms with E-state index in [-0.39, 0.29) is 57.3 Å². The van der Waals surface area contributed by atoms with Gasteiger partial charge in [-0.2, -0.15) is 0 Å². The van der Waals surface area contributed by atoms with Crippen LogP contribution in [0.2, 0.25) is 4.34 Å². The van der Waals surface area contributed by atoms with Crippen LogP contribution in [0.15, 0.2) is 70.2 Å². The van der Waals surface area contributed by atoms with Crippen LogP contribution in [0.5, 0.6) is 5.75 Å². The summed E-state index contributed by atoms with van der Waals surface area (Å²) in [7, 11) is 1.22. The van der Waals surface area contributed by atoms with Gasteiger partial charge in [0.05, 0.1) is 23.9 Å². The van der Waals surface area contributed by atoms with Gasteiger partial charge < -0.3 is 42.0 Å². The number of fused-ring (bicyclic) bond motifs is 1. The lowest BCUT2D eigenvalue weighted by atomic mass is 10.0. The number of β-lactam (4-membered cyclic amide) rings is 1. The second-order valence-corrected chi connectivity index (χ2v) is 13.2. The van der Waals surface area contributed by atoms with E-state index < -0.39 is 29.2 Å². The number of anilines is 2. The van der Waals surface area contributed by atoms with Crippen LogP contribution in [0.3, 0.4) is 0 Å². The number of guanidine groups is 1. The van der Waals surface area contributed by atoms with Gasteiger partial charge in [-0.05, 0) is 24.3 Å². The Morgan fingerprint density at radius 1 is 1.18 bits per heavy atom. The summed E-state index contributed by atoms with van der Waals surface area (Å²) in [5.41, 5.74) is 22.5. The van der Waals surface area contributed by atoms with E-state index in [1.807, 2.05) is 0 Å². The number of hydrogen-bond acceptors (Lipinski definition) is 14. The summed E-state index contributed by atoms with van der Waals surface area (Å²) in [6.07, 6.45) is 3.35. The number of thiazole rings is 1. The number of carboxylic acids is 1. The van der Waals surface area contributed by atoms with Gasteiger partial charge in [0.1, 0.15) is 40.9 Å². The minimum atomic E-state index is -1.53. The van der Waals surface area contributed by atoms with Crippen LogP contribution in [0.25, 0.3) is 0 Å². The van der Waals surface area contributed by atoms with Gasteiger partial charge >= 0.3 is 0 Å². The minimum absolute atomic E-state index is 0.0129. The van der Waals surface area contributed by atoms with Crippen molar-refractivity contribution in [3.63, 3.8) is 0 Å². The molecule has 18 nitrogen and oxygen atoms in total. The second-order valence-electron chi connectivity index (χ2n) is 10.4. The van der Waals surface area contributed by atoms with Crippen molar-refractivity contribution in [1.82, 2.24) is 20.6 Å². The SMILES string of the molecule is CO/N=C(\C(=O)N[C@@H]1C(=O)N2C(C(=O)[O-])=C(C[n+]3ccc(NNC(=O)c4ccc(OCCN=C(N)N)cc4)cc3)CS[C@H]12)c1nc(N)sc1Cl. The highest BCUT2D eigenvalue weighted by atomic mass is 35.5. The number of nitrogens with zero attached hydrogens (tertiary/aromatic N) is 5. The number of carboxylic acid groups (broad SMARTS) is 1. The predicted octanol–water partition coefficient (Wildman–Crippen LogP) is -1.47. The molecular formula is C29H30ClN11O7S2. The van der Waals surface area contributed by atoms with Crippen LogP contribution < -0.4 is 47.8 Å².